The van der Waals surface area contributed by atoms with Crippen molar-refractivity contribution in [1.29, 1.82) is 0 Å². The van der Waals surface area contributed by atoms with E-state index in [1.165, 1.54) is 25.7 Å². The lowest BCUT2D eigenvalue weighted by Gasteiger charge is -2.37. The summed E-state index contributed by atoms with van der Waals surface area (Å²) in [5.41, 5.74) is 1.02. The average Bonchev–Trinajstić information content (AvgIpc) is 2.39. The Bertz CT molecular complexity index is 175. The number of rotatable bonds is 2. The van der Waals surface area contributed by atoms with Crippen LogP contribution in [-0.4, -0.2) is 11.7 Å². The van der Waals surface area contributed by atoms with Crippen molar-refractivity contribution in [2.45, 2.75) is 46.0 Å². The van der Waals surface area contributed by atoms with Crippen molar-refractivity contribution in [2.75, 3.05) is 6.61 Å². The number of hydrogen-bond donors (Lipinski definition) is 1. The van der Waals surface area contributed by atoms with Gasteiger partial charge in [0.1, 0.15) is 0 Å². The maximum Gasteiger partial charge on any atom is 0.0436 e. The lowest BCUT2D eigenvalue weighted by molar-refractivity contribution is 0.0870. The summed E-state index contributed by atoms with van der Waals surface area (Å²) in [5, 5.41) is 9.07. The Labute approximate surface area is 75.2 Å². The minimum atomic E-state index is 0.385. The molecule has 70 valence electrons. The SMILES string of the molecule is CC1(C)C2CCC1(CCO)CC2. The molecule has 0 aromatic heterocycles. The summed E-state index contributed by atoms with van der Waals surface area (Å²) >= 11 is 0. The second-order valence-corrected chi connectivity index (χ2v) is 5.25. The fraction of sp³-hybridized carbons (Fsp3) is 1.00. The quantitative estimate of drug-likeness (QED) is 0.672. The van der Waals surface area contributed by atoms with E-state index in [1.807, 2.05) is 0 Å². The van der Waals surface area contributed by atoms with Crippen LogP contribution >= 0.6 is 0 Å². The number of aliphatic hydroxyl groups excluding tert-OH is 1. The largest absolute Gasteiger partial charge is 0.396 e. The van der Waals surface area contributed by atoms with Crippen molar-refractivity contribution in [3.05, 3.63) is 0 Å². The zero-order valence-electron chi connectivity index (χ0n) is 8.27. The van der Waals surface area contributed by atoms with Gasteiger partial charge < -0.3 is 5.11 Å². The highest BCUT2D eigenvalue weighted by atomic mass is 16.3. The molecule has 1 N–H and O–H groups in total. The Hall–Kier alpha value is -0.0400. The maximum absolute atomic E-state index is 9.07. The van der Waals surface area contributed by atoms with E-state index < -0.39 is 0 Å². The van der Waals surface area contributed by atoms with Crippen LogP contribution in [0.1, 0.15) is 46.0 Å². The molecule has 2 fully saturated rings. The first-order valence-corrected chi connectivity index (χ1v) is 5.23. The van der Waals surface area contributed by atoms with E-state index >= 15 is 0 Å². The van der Waals surface area contributed by atoms with Crippen molar-refractivity contribution < 1.29 is 5.11 Å². The normalized spacial score (nSPS) is 43.8. The van der Waals surface area contributed by atoms with Crippen molar-refractivity contribution in [3.8, 4) is 0 Å². The predicted octanol–water partition coefficient (Wildman–Crippen LogP) is 2.59. The lowest BCUT2D eigenvalue weighted by Crippen LogP contribution is -2.31. The molecule has 0 heterocycles. The van der Waals surface area contributed by atoms with Gasteiger partial charge in [-0.1, -0.05) is 13.8 Å². The molecule has 1 nitrogen and oxygen atoms in total. The predicted molar refractivity (Wildman–Crippen MR) is 49.9 cm³/mol. The molecule has 0 spiro atoms. The van der Waals surface area contributed by atoms with E-state index in [9.17, 15) is 0 Å². The van der Waals surface area contributed by atoms with Gasteiger partial charge >= 0.3 is 0 Å². The molecule has 2 aliphatic carbocycles. The number of aliphatic hydroxyl groups is 1. The van der Waals surface area contributed by atoms with E-state index in [-0.39, 0.29) is 0 Å². The van der Waals surface area contributed by atoms with Crippen LogP contribution in [0.15, 0.2) is 0 Å². The first-order chi connectivity index (χ1) is 5.62. The highest BCUT2D eigenvalue weighted by Crippen LogP contribution is 2.67. The molecule has 2 aliphatic rings. The smallest absolute Gasteiger partial charge is 0.0436 e. The zero-order chi connectivity index (χ0) is 8.82. The second kappa shape index (κ2) is 2.47. The molecule has 0 atom stereocenters. The van der Waals surface area contributed by atoms with Crippen LogP contribution in [0.2, 0.25) is 0 Å². The van der Waals surface area contributed by atoms with Gasteiger partial charge in [0, 0.05) is 6.61 Å². The highest BCUT2D eigenvalue weighted by molar-refractivity contribution is 5.07. The Kier molecular flexibility index (Phi) is 1.76. The third-order valence-electron chi connectivity index (χ3n) is 4.92. The third-order valence-corrected chi connectivity index (χ3v) is 4.92. The van der Waals surface area contributed by atoms with Crippen LogP contribution in [0.3, 0.4) is 0 Å². The Balaban J connectivity index is 2.24. The summed E-state index contributed by atoms with van der Waals surface area (Å²) in [7, 11) is 0. The fourth-order valence-electron chi connectivity index (χ4n) is 3.76. The lowest BCUT2D eigenvalue weighted by atomic mass is 9.67. The van der Waals surface area contributed by atoms with E-state index in [0.717, 1.165) is 12.3 Å². The molecule has 0 saturated heterocycles. The molecule has 0 radical (unpaired) electrons. The molecule has 0 aromatic carbocycles. The molecule has 0 aliphatic heterocycles. The minimum absolute atomic E-state index is 0.385. The number of hydrogen-bond acceptors (Lipinski definition) is 1. The van der Waals surface area contributed by atoms with E-state index in [4.69, 9.17) is 5.11 Å². The molecular formula is C11H20O. The zero-order valence-corrected chi connectivity index (χ0v) is 8.27. The molecule has 0 unspecified atom stereocenters. The van der Waals surface area contributed by atoms with Crippen molar-refractivity contribution >= 4 is 0 Å². The first kappa shape index (κ1) is 8.55. The summed E-state index contributed by atoms with van der Waals surface area (Å²) in [4.78, 5) is 0. The van der Waals surface area contributed by atoms with E-state index in [0.29, 0.717) is 17.4 Å². The van der Waals surface area contributed by atoms with Crippen LogP contribution in [-0.2, 0) is 0 Å². The van der Waals surface area contributed by atoms with Gasteiger partial charge in [-0.25, -0.2) is 0 Å². The van der Waals surface area contributed by atoms with Gasteiger partial charge in [-0.3, -0.25) is 0 Å². The maximum atomic E-state index is 9.07. The van der Waals surface area contributed by atoms with E-state index in [2.05, 4.69) is 13.8 Å². The van der Waals surface area contributed by atoms with Gasteiger partial charge in [-0.05, 0) is 48.9 Å². The molecule has 1 heteroatoms. The molecule has 0 aromatic rings. The van der Waals surface area contributed by atoms with Gasteiger partial charge in [0.15, 0.2) is 0 Å². The van der Waals surface area contributed by atoms with Crippen LogP contribution in [0.5, 0.6) is 0 Å². The van der Waals surface area contributed by atoms with Crippen LogP contribution in [0, 0.1) is 16.7 Å². The Morgan fingerprint density at radius 2 is 1.83 bits per heavy atom. The van der Waals surface area contributed by atoms with Crippen molar-refractivity contribution in [1.82, 2.24) is 0 Å². The van der Waals surface area contributed by atoms with Gasteiger partial charge in [0.05, 0.1) is 0 Å². The number of fused-ring (bicyclic) bond motifs is 2. The Morgan fingerprint density at radius 3 is 2.17 bits per heavy atom. The van der Waals surface area contributed by atoms with Gasteiger partial charge in [-0.2, -0.15) is 0 Å². The summed E-state index contributed by atoms with van der Waals surface area (Å²) in [5.74, 6) is 0.948. The molecule has 2 rings (SSSR count). The van der Waals surface area contributed by atoms with Crippen molar-refractivity contribution in [3.63, 3.8) is 0 Å². The molecule has 0 amide bonds. The highest BCUT2D eigenvalue weighted by Gasteiger charge is 2.57. The van der Waals surface area contributed by atoms with Gasteiger partial charge in [0.2, 0.25) is 0 Å². The summed E-state index contributed by atoms with van der Waals surface area (Å²) in [6.45, 7) is 5.21. The summed E-state index contributed by atoms with van der Waals surface area (Å²) < 4.78 is 0. The Morgan fingerprint density at radius 1 is 1.25 bits per heavy atom. The summed E-state index contributed by atoms with van der Waals surface area (Å²) in [6, 6.07) is 0. The van der Waals surface area contributed by atoms with Gasteiger partial charge in [-0.15, -0.1) is 0 Å². The topological polar surface area (TPSA) is 20.2 Å². The average molecular weight is 168 g/mol. The molecule has 2 bridgehead atoms. The van der Waals surface area contributed by atoms with E-state index in [1.54, 1.807) is 0 Å². The molecule has 12 heavy (non-hydrogen) atoms. The summed E-state index contributed by atoms with van der Waals surface area (Å²) in [6.07, 6.45) is 6.59. The molecule has 2 saturated carbocycles. The fourth-order valence-corrected chi connectivity index (χ4v) is 3.76. The second-order valence-electron chi connectivity index (χ2n) is 5.25. The molecular weight excluding hydrogens is 148 g/mol. The van der Waals surface area contributed by atoms with Gasteiger partial charge in [0.25, 0.3) is 0 Å². The first-order valence-electron chi connectivity index (χ1n) is 5.23. The monoisotopic (exact) mass is 168 g/mol. The standard InChI is InChI=1S/C11H20O/c1-10(2)9-3-5-11(10,6-4-9)7-8-12/h9,12H,3-8H2,1-2H3. The minimum Gasteiger partial charge on any atom is -0.396 e. The van der Waals surface area contributed by atoms with Crippen molar-refractivity contribution in [2.24, 2.45) is 16.7 Å². The third kappa shape index (κ3) is 0.834. The van der Waals surface area contributed by atoms with Crippen LogP contribution in [0.25, 0.3) is 0 Å². The van der Waals surface area contributed by atoms with Crippen LogP contribution in [0.4, 0.5) is 0 Å². The van der Waals surface area contributed by atoms with Crippen LogP contribution < -0.4 is 0 Å².